The van der Waals surface area contributed by atoms with Gasteiger partial charge in [0.1, 0.15) is 11.3 Å². The average Bonchev–Trinajstić information content (AvgIpc) is 3.14. The van der Waals surface area contributed by atoms with Crippen LogP contribution in [-0.4, -0.2) is 20.2 Å². The third-order valence-electron chi connectivity index (χ3n) is 3.04. The van der Waals surface area contributed by atoms with Gasteiger partial charge < -0.3 is 14.0 Å². The maximum Gasteiger partial charge on any atom is 0.260 e. The molecule has 0 saturated heterocycles. The SMILES string of the molecule is Oc1cncc(-c2nc(-c3cc4ccccc4o3)no2)c1. The van der Waals surface area contributed by atoms with Crippen molar-refractivity contribution in [2.75, 3.05) is 0 Å². The molecule has 1 aromatic carbocycles. The van der Waals surface area contributed by atoms with Crippen LogP contribution in [0.5, 0.6) is 5.75 Å². The van der Waals surface area contributed by atoms with Crippen LogP contribution < -0.4 is 0 Å². The Morgan fingerprint density at radius 1 is 1.05 bits per heavy atom. The lowest BCUT2D eigenvalue weighted by Crippen LogP contribution is -1.80. The molecule has 4 rings (SSSR count). The van der Waals surface area contributed by atoms with Gasteiger partial charge in [-0.25, -0.2) is 0 Å². The number of fused-ring (bicyclic) bond motifs is 1. The van der Waals surface area contributed by atoms with Crippen LogP contribution in [0.15, 0.2) is 57.7 Å². The minimum absolute atomic E-state index is 0.0380. The molecule has 0 atom stereocenters. The Morgan fingerprint density at radius 3 is 2.81 bits per heavy atom. The number of aromatic nitrogens is 3. The fourth-order valence-electron chi connectivity index (χ4n) is 2.08. The molecule has 0 unspecified atom stereocenters. The second-order valence-corrected chi connectivity index (χ2v) is 4.50. The number of furan rings is 1. The Morgan fingerprint density at radius 2 is 1.95 bits per heavy atom. The zero-order valence-electron chi connectivity index (χ0n) is 10.7. The number of aromatic hydroxyl groups is 1. The van der Waals surface area contributed by atoms with Crippen LogP contribution >= 0.6 is 0 Å². The van der Waals surface area contributed by atoms with Crippen molar-refractivity contribution < 1.29 is 14.0 Å². The van der Waals surface area contributed by atoms with Crippen LogP contribution in [0.4, 0.5) is 0 Å². The van der Waals surface area contributed by atoms with E-state index in [2.05, 4.69) is 15.1 Å². The highest BCUT2D eigenvalue weighted by atomic mass is 16.5. The summed E-state index contributed by atoms with van der Waals surface area (Å²) in [5, 5.41) is 14.3. The van der Waals surface area contributed by atoms with E-state index in [1.807, 2.05) is 30.3 Å². The molecule has 0 fully saturated rings. The predicted molar refractivity (Wildman–Crippen MR) is 74.4 cm³/mol. The standard InChI is InChI=1S/C15H9N3O3/c19-11-5-10(7-16-8-11)15-17-14(18-21-15)13-6-9-3-1-2-4-12(9)20-13/h1-8,19H. The van der Waals surface area contributed by atoms with E-state index >= 15 is 0 Å². The van der Waals surface area contributed by atoms with Gasteiger partial charge in [-0.1, -0.05) is 23.4 Å². The van der Waals surface area contributed by atoms with E-state index in [4.69, 9.17) is 8.94 Å². The number of nitrogens with zero attached hydrogens (tertiary/aromatic N) is 3. The van der Waals surface area contributed by atoms with Crippen LogP contribution in [-0.2, 0) is 0 Å². The summed E-state index contributed by atoms with van der Waals surface area (Å²) in [4.78, 5) is 8.14. The molecule has 0 aliphatic rings. The molecule has 0 spiro atoms. The van der Waals surface area contributed by atoms with Crippen molar-refractivity contribution in [3.8, 4) is 28.8 Å². The molecule has 6 heteroatoms. The van der Waals surface area contributed by atoms with E-state index in [1.54, 1.807) is 0 Å². The second kappa shape index (κ2) is 4.45. The first-order valence-electron chi connectivity index (χ1n) is 6.27. The molecule has 0 bridgehead atoms. The molecule has 1 N–H and O–H groups in total. The maximum atomic E-state index is 9.42. The van der Waals surface area contributed by atoms with Gasteiger partial charge in [-0.05, 0) is 18.2 Å². The van der Waals surface area contributed by atoms with Gasteiger partial charge >= 0.3 is 0 Å². The van der Waals surface area contributed by atoms with E-state index in [0.29, 0.717) is 17.1 Å². The Balaban J connectivity index is 1.77. The molecule has 0 radical (unpaired) electrons. The van der Waals surface area contributed by atoms with Crippen molar-refractivity contribution in [2.45, 2.75) is 0 Å². The van der Waals surface area contributed by atoms with Crippen molar-refractivity contribution in [1.82, 2.24) is 15.1 Å². The summed E-state index contributed by atoms with van der Waals surface area (Å²) in [5.41, 5.74) is 1.31. The summed E-state index contributed by atoms with van der Waals surface area (Å²) in [6, 6.07) is 11.0. The van der Waals surface area contributed by atoms with Gasteiger partial charge in [-0.2, -0.15) is 4.98 Å². The molecule has 102 valence electrons. The molecular formula is C15H9N3O3. The van der Waals surface area contributed by atoms with E-state index < -0.39 is 0 Å². The Hall–Kier alpha value is -3.15. The zero-order chi connectivity index (χ0) is 14.2. The molecule has 0 aliphatic carbocycles. The molecule has 3 aromatic heterocycles. The topological polar surface area (TPSA) is 85.2 Å². The number of hydrogen-bond donors (Lipinski definition) is 1. The largest absolute Gasteiger partial charge is 0.506 e. The number of pyridine rings is 1. The van der Waals surface area contributed by atoms with Gasteiger partial charge in [0, 0.05) is 11.6 Å². The van der Waals surface area contributed by atoms with E-state index in [9.17, 15) is 5.11 Å². The lowest BCUT2D eigenvalue weighted by atomic mass is 10.2. The van der Waals surface area contributed by atoms with Gasteiger partial charge in [-0.15, -0.1) is 0 Å². The number of rotatable bonds is 2. The lowest BCUT2D eigenvalue weighted by Gasteiger charge is -1.93. The summed E-state index contributed by atoms with van der Waals surface area (Å²) in [6.45, 7) is 0. The summed E-state index contributed by atoms with van der Waals surface area (Å²) in [6.07, 6.45) is 2.87. The van der Waals surface area contributed by atoms with Gasteiger partial charge in [0.05, 0.1) is 11.8 Å². The smallest absolute Gasteiger partial charge is 0.260 e. The molecule has 4 aromatic rings. The lowest BCUT2D eigenvalue weighted by molar-refractivity contribution is 0.429. The highest BCUT2D eigenvalue weighted by Crippen LogP contribution is 2.28. The van der Waals surface area contributed by atoms with Crippen LogP contribution in [0.3, 0.4) is 0 Å². The third kappa shape index (κ3) is 2.02. The molecule has 21 heavy (non-hydrogen) atoms. The molecule has 0 saturated carbocycles. The van der Waals surface area contributed by atoms with Gasteiger partial charge in [0.2, 0.25) is 5.82 Å². The van der Waals surface area contributed by atoms with Crippen molar-refractivity contribution in [1.29, 1.82) is 0 Å². The molecule has 6 nitrogen and oxygen atoms in total. The van der Waals surface area contributed by atoms with Crippen LogP contribution in [0.1, 0.15) is 0 Å². The minimum atomic E-state index is 0.0380. The summed E-state index contributed by atoms with van der Waals surface area (Å²) in [7, 11) is 0. The zero-order valence-corrected chi connectivity index (χ0v) is 10.7. The summed E-state index contributed by atoms with van der Waals surface area (Å²) >= 11 is 0. The van der Waals surface area contributed by atoms with Crippen molar-refractivity contribution in [3.63, 3.8) is 0 Å². The predicted octanol–water partition coefficient (Wildman–Crippen LogP) is 3.25. The number of hydrogen-bond acceptors (Lipinski definition) is 6. The Kier molecular flexibility index (Phi) is 2.47. The monoisotopic (exact) mass is 279 g/mol. The minimum Gasteiger partial charge on any atom is -0.506 e. The average molecular weight is 279 g/mol. The number of para-hydroxylation sites is 1. The first-order chi connectivity index (χ1) is 10.3. The van der Waals surface area contributed by atoms with Crippen LogP contribution in [0.2, 0.25) is 0 Å². The van der Waals surface area contributed by atoms with E-state index in [0.717, 1.165) is 11.0 Å². The summed E-state index contributed by atoms with van der Waals surface area (Å²) < 4.78 is 10.9. The maximum absolute atomic E-state index is 9.42. The van der Waals surface area contributed by atoms with Crippen molar-refractivity contribution in [2.24, 2.45) is 0 Å². The normalized spacial score (nSPS) is 11.0. The highest BCUT2D eigenvalue weighted by molar-refractivity contribution is 5.81. The summed E-state index contributed by atoms with van der Waals surface area (Å²) in [5.74, 6) is 1.19. The first kappa shape index (κ1) is 11.7. The van der Waals surface area contributed by atoms with Gasteiger partial charge in [0.25, 0.3) is 5.89 Å². The van der Waals surface area contributed by atoms with E-state index in [-0.39, 0.29) is 11.6 Å². The first-order valence-corrected chi connectivity index (χ1v) is 6.27. The molecular weight excluding hydrogens is 270 g/mol. The van der Waals surface area contributed by atoms with Gasteiger partial charge in [-0.3, -0.25) is 4.98 Å². The van der Waals surface area contributed by atoms with Crippen molar-refractivity contribution in [3.05, 3.63) is 48.8 Å². The molecule has 3 heterocycles. The van der Waals surface area contributed by atoms with Crippen LogP contribution in [0.25, 0.3) is 34.0 Å². The quantitative estimate of drug-likeness (QED) is 0.606. The second-order valence-electron chi connectivity index (χ2n) is 4.50. The molecule has 0 aliphatic heterocycles. The fraction of sp³-hybridized carbons (Fsp3) is 0. The van der Waals surface area contributed by atoms with Crippen molar-refractivity contribution >= 4 is 11.0 Å². The fourth-order valence-corrected chi connectivity index (χ4v) is 2.08. The van der Waals surface area contributed by atoms with Gasteiger partial charge in [0.15, 0.2) is 5.76 Å². The number of benzene rings is 1. The molecule has 0 amide bonds. The van der Waals surface area contributed by atoms with E-state index in [1.165, 1.54) is 18.5 Å². The third-order valence-corrected chi connectivity index (χ3v) is 3.04. The highest BCUT2D eigenvalue weighted by Gasteiger charge is 2.15. The Labute approximate surface area is 118 Å². The Bertz CT molecular complexity index is 893. The van der Waals surface area contributed by atoms with Crippen LogP contribution in [0, 0.1) is 0 Å².